The average Bonchev–Trinajstić information content (AvgIpc) is 2.97. The monoisotopic (exact) mass is 344 g/mol. The SMILES string of the molecule is O=C1[N]c2ccc(-c3cccc([N+](=O)[O-])c3)cc2N1Cc1ccccc1. The number of fused-ring (bicyclic) bond motifs is 1. The molecule has 127 valence electrons. The molecule has 26 heavy (non-hydrogen) atoms. The van der Waals surface area contributed by atoms with Crippen LogP contribution in [0.3, 0.4) is 0 Å². The Morgan fingerprint density at radius 2 is 1.69 bits per heavy atom. The van der Waals surface area contributed by atoms with E-state index in [0.29, 0.717) is 17.9 Å². The number of non-ortho nitro benzene ring substituents is 1. The van der Waals surface area contributed by atoms with Crippen LogP contribution >= 0.6 is 0 Å². The Morgan fingerprint density at radius 1 is 0.923 bits per heavy atom. The van der Waals surface area contributed by atoms with Gasteiger partial charge in [0, 0.05) is 12.1 Å². The van der Waals surface area contributed by atoms with Gasteiger partial charge in [-0.2, -0.15) is 5.32 Å². The Morgan fingerprint density at radius 3 is 2.46 bits per heavy atom. The average molecular weight is 344 g/mol. The third kappa shape index (κ3) is 2.88. The molecule has 1 radical (unpaired) electrons. The molecule has 6 nitrogen and oxygen atoms in total. The summed E-state index contributed by atoms with van der Waals surface area (Å²) in [6.07, 6.45) is 0. The minimum absolute atomic E-state index is 0.0323. The van der Waals surface area contributed by atoms with E-state index in [2.05, 4.69) is 5.32 Å². The van der Waals surface area contributed by atoms with Gasteiger partial charge in [0.2, 0.25) is 0 Å². The summed E-state index contributed by atoms with van der Waals surface area (Å²) < 4.78 is 0. The van der Waals surface area contributed by atoms with Gasteiger partial charge in [0.1, 0.15) is 0 Å². The fourth-order valence-electron chi connectivity index (χ4n) is 3.00. The Kier molecular flexibility index (Phi) is 3.85. The van der Waals surface area contributed by atoms with Crippen molar-refractivity contribution in [2.24, 2.45) is 0 Å². The maximum absolute atomic E-state index is 12.3. The van der Waals surface area contributed by atoms with Gasteiger partial charge >= 0.3 is 6.03 Å². The van der Waals surface area contributed by atoms with E-state index < -0.39 is 4.92 Å². The number of hydrogen-bond donors (Lipinski definition) is 0. The first-order valence-electron chi connectivity index (χ1n) is 8.08. The third-order valence-corrected chi connectivity index (χ3v) is 4.29. The smallest absolute Gasteiger partial charge is 0.286 e. The van der Waals surface area contributed by atoms with E-state index in [4.69, 9.17) is 0 Å². The molecule has 1 aliphatic rings. The van der Waals surface area contributed by atoms with E-state index in [1.807, 2.05) is 48.5 Å². The second-order valence-electron chi connectivity index (χ2n) is 5.98. The van der Waals surface area contributed by atoms with Crippen molar-refractivity contribution in [1.29, 1.82) is 0 Å². The first kappa shape index (κ1) is 15.8. The van der Waals surface area contributed by atoms with E-state index in [1.54, 1.807) is 17.0 Å². The molecular formula is C20H14N3O3. The van der Waals surface area contributed by atoms with Crippen LogP contribution in [0.2, 0.25) is 0 Å². The second kappa shape index (κ2) is 6.33. The predicted molar refractivity (Wildman–Crippen MR) is 98.3 cm³/mol. The van der Waals surface area contributed by atoms with Crippen molar-refractivity contribution in [3.63, 3.8) is 0 Å². The van der Waals surface area contributed by atoms with Crippen LogP contribution in [0.4, 0.5) is 21.9 Å². The summed E-state index contributed by atoms with van der Waals surface area (Å²) in [7, 11) is 0. The number of amides is 2. The van der Waals surface area contributed by atoms with Crippen LogP contribution in [0.25, 0.3) is 11.1 Å². The molecule has 0 bridgehead atoms. The molecule has 2 amide bonds. The molecule has 3 aromatic carbocycles. The first-order chi connectivity index (χ1) is 12.6. The number of carbonyl (C=O) groups is 1. The summed E-state index contributed by atoms with van der Waals surface area (Å²) in [5.74, 6) is 0. The number of carbonyl (C=O) groups excluding carboxylic acids is 1. The molecule has 3 aromatic rings. The maximum Gasteiger partial charge on any atom is 0.349 e. The Hall–Kier alpha value is -3.67. The van der Waals surface area contributed by atoms with Gasteiger partial charge < -0.3 is 0 Å². The highest BCUT2D eigenvalue weighted by atomic mass is 16.6. The molecule has 4 rings (SSSR count). The van der Waals surface area contributed by atoms with Crippen molar-refractivity contribution < 1.29 is 9.72 Å². The number of benzene rings is 3. The lowest BCUT2D eigenvalue weighted by Crippen LogP contribution is -2.27. The molecule has 0 aromatic heterocycles. The lowest BCUT2D eigenvalue weighted by molar-refractivity contribution is -0.384. The molecule has 0 fully saturated rings. The molecule has 0 aliphatic carbocycles. The topological polar surface area (TPSA) is 77.5 Å². The van der Waals surface area contributed by atoms with Crippen molar-refractivity contribution in [3.05, 3.63) is 88.5 Å². The Balaban J connectivity index is 1.71. The van der Waals surface area contributed by atoms with Crippen LogP contribution in [0.5, 0.6) is 0 Å². The van der Waals surface area contributed by atoms with Gasteiger partial charge in [-0.1, -0.05) is 48.5 Å². The lowest BCUT2D eigenvalue weighted by atomic mass is 10.0. The normalized spacial score (nSPS) is 12.6. The highest BCUT2D eigenvalue weighted by molar-refractivity contribution is 6.05. The summed E-state index contributed by atoms with van der Waals surface area (Å²) >= 11 is 0. The van der Waals surface area contributed by atoms with Gasteiger partial charge in [-0.15, -0.1) is 0 Å². The predicted octanol–water partition coefficient (Wildman–Crippen LogP) is 4.64. The van der Waals surface area contributed by atoms with Crippen LogP contribution in [0.1, 0.15) is 5.56 Å². The fourth-order valence-corrected chi connectivity index (χ4v) is 3.00. The number of nitro benzene ring substituents is 1. The lowest BCUT2D eigenvalue weighted by Gasteiger charge is -2.16. The number of anilines is 1. The third-order valence-electron chi connectivity index (χ3n) is 4.29. The van der Waals surface area contributed by atoms with E-state index in [-0.39, 0.29) is 11.7 Å². The van der Waals surface area contributed by atoms with Crippen molar-refractivity contribution in [2.75, 3.05) is 4.90 Å². The van der Waals surface area contributed by atoms with Crippen LogP contribution < -0.4 is 10.2 Å². The molecule has 6 heteroatoms. The number of hydrogen-bond acceptors (Lipinski definition) is 3. The van der Waals surface area contributed by atoms with Crippen molar-refractivity contribution in [1.82, 2.24) is 5.32 Å². The molecule has 1 aliphatic heterocycles. The standard InChI is InChI=1S/C20H14N3O3/c24-20-21-18-10-9-16(15-7-4-8-17(11-15)23(25)26)12-19(18)22(20)13-14-5-2-1-3-6-14/h1-12H,13H2. The molecule has 0 atom stereocenters. The quantitative estimate of drug-likeness (QED) is 0.511. The molecule has 0 saturated carbocycles. The zero-order valence-corrected chi connectivity index (χ0v) is 13.7. The minimum Gasteiger partial charge on any atom is -0.286 e. The highest BCUT2D eigenvalue weighted by Gasteiger charge is 2.29. The van der Waals surface area contributed by atoms with Gasteiger partial charge in [-0.05, 0) is 28.8 Å². The number of nitro groups is 1. The van der Waals surface area contributed by atoms with Gasteiger partial charge in [0.15, 0.2) is 0 Å². The molecule has 0 unspecified atom stereocenters. The molecule has 0 spiro atoms. The maximum atomic E-state index is 12.3. The number of rotatable bonds is 4. The first-order valence-corrected chi connectivity index (χ1v) is 8.08. The van der Waals surface area contributed by atoms with Crippen molar-refractivity contribution in [2.45, 2.75) is 6.54 Å². The van der Waals surface area contributed by atoms with Crippen LogP contribution in [0, 0.1) is 10.1 Å². The zero-order valence-electron chi connectivity index (χ0n) is 13.7. The highest BCUT2D eigenvalue weighted by Crippen LogP contribution is 2.37. The van der Waals surface area contributed by atoms with E-state index in [9.17, 15) is 14.9 Å². The minimum atomic E-state index is -0.419. The van der Waals surface area contributed by atoms with Gasteiger partial charge in [-0.25, -0.2) is 4.79 Å². The van der Waals surface area contributed by atoms with Crippen LogP contribution in [-0.2, 0) is 6.54 Å². The van der Waals surface area contributed by atoms with Crippen LogP contribution in [0.15, 0.2) is 72.8 Å². The van der Waals surface area contributed by atoms with E-state index in [1.165, 1.54) is 12.1 Å². The second-order valence-corrected chi connectivity index (χ2v) is 5.98. The Labute approximate surface area is 149 Å². The Bertz CT molecular complexity index is 1000. The summed E-state index contributed by atoms with van der Waals surface area (Å²) in [6.45, 7) is 0.425. The summed E-state index contributed by atoms with van der Waals surface area (Å²) in [5, 5.41) is 15.1. The van der Waals surface area contributed by atoms with E-state index in [0.717, 1.165) is 16.7 Å². The summed E-state index contributed by atoms with van der Waals surface area (Å²) in [5.41, 5.74) is 3.88. The fraction of sp³-hybridized carbons (Fsp3) is 0.0500. The molecule has 0 saturated heterocycles. The molecule has 1 heterocycles. The van der Waals surface area contributed by atoms with Crippen molar-refractivity contribution in [3.8, 4) is 11.1 Å². The van der Waals surface area contributed by atoms with Gasteiger partial charge in [0.05, 0.1) is 22.8 Å². The number of nitrogens with zero attached hydrogens (tertiary/aromatic N) is 3. The zero-order chi connectivity index (χ0) is 18.1. The molecule has 0 N–H and O–H groups in total. The van der Waals surface area contributed by atoms with Gasteiger partial charge in [0.25, 0.3) is 5.69 Å². The largest absolute Gasteiger partial charge is 0.349 e. The summed E-state index contributed by atoms with van der Waals surface area (Å²) in [4.78, 5) is 24.5. The van der Waals surface area contributed by atoms with E-state index >= 15 is 0 Å². The number of urea groups is 1. The van der Waals surface area contributed by atoms with Gasteiger partial charge in [-0.3, -0.25) is 15.0 Å². The summed E-state index contributed by atoms with van der Waals surface area (Å²) in [6, 6.07) is 21.3. The molecular weight excluding hydrogens is 330 g/mol. The van der Waals surface area contributed by atoms with Crippen LogP contribution in [-0.4, -0.2) is 11.0 Å². The van der Waals surface area contributed by atoms with Crippen molar-refractivity contribution >= 4 is 23.1 Å².